The third-order valence-electron chi connectivity index (χ3n) is 2.87. The molecule has 22 heavy (non-hydrogen) atoms. The summed E-state index contributed by atoms with van der Waals surface area (Å²) < 4.78 is 37.6. The first-order chi connectivity index (χ1) is 10.5. The molecule has 9 heteroatoms. The number of anilines is 1. The number of hydrogen-bond donors (Lipinski definition) is 3. The number of halogens is 3. The van der Waals surface area contributed by atoms with E-state index in [1.54, 1.807) is 0 Å². The van der Waals surface area contributed by atoms with E-state index in [-0.39, 0.29) is 5.95 Å². The Morgan fingerprint density at radius 2 is 2.18 bits per heavy atom. The summed E-state index contributed by atoms with van der Waals surface area (Å²) in [6, 6.07) is 1.32. The van der Waals surface area contributed by atoms with Crippen LogP contribution in [0.25, 0.3) is 0 Å². The molecule has 0 amide bonds. The third kappa shape index (κ3) is 5.38. The zero-order chi connectivity index (χ0) is 16.0. The summed E-state index contributed by atoms with van der Waals surface area (Å²) in [4.78, 5) is 11.5. The van der Waals surface area contributed by atoms with Crippen LogP contribution in [0.2, 0.25) is 0 Å². The Hall–Kier alpha value is -2.06. The summed E-state index contributed by atoms with van der Waals surface area (Å²) in [6.45, 7) is 3.48. The van der Waals surface area contributed by atoms with Gasteiger partial charge in [-0.3, -0.25) is 4.99 Å². The van der Waals surface area contributed by atoms with E-state index in [1.165, 1.54) is 0 Å². The van der Waals surface area contributed by atoms with Gasteiger partial charge in [0.25, 0.3) is 0 Å². The Labute approximate surface area is 126 Å². The topological polar surface area (TPSA) is 74.2 Å². The van der Waals surface area contributed by atoms with Crippen molar-refractivity contribution in [2.45, 2.75) is 32.0 Å². The number of nitrogens with one attached hydrogen (secondary N) is 3. The SMILES string of the molecule is CCNC(=NCCNc1nccc(C(F)(F)F)n1)NC1CC1. The molecule has 6 nitrogen and oxygen atoms in total. The standard InChI is InChI=1S/C13H19F3N6/c1-2-17-11(21-9-3-4-9)19-7-8-20-12-18-6-5-10(22-12)13(14,15)16/h5-6,9H,2-4,7-8H2,1H3,(H2,17,19,21)(H,18,20,22). The average molecular weight is 316 g/mol. The van der Waals surface area contributed by atoms with Crippen LogP contribution in [0, 0.1) is 0 Å². The molecule has 1 aliphatic carbocycles. The van der Waals surface area contributed by atoms with E-state index in [4.69, 9.17) is 0 Å². The van der Waals surface area contributed by atoms with Crippen molar-refractivity contribution in [2.24, 2.45) is 4.99 Å². The fourth-order valence-corrected chi connectivity index (χ4v) is 1.68. The molecule has 0 spiro atoms. The third-order valence-corrected chi connectivity index (χ3v) is 2.87. The van der Waals surface area contributed by atoms with Crippen molar-refractivity contribution < 1.29 is 13.2 Å². The fraction of sp³-hybridized carbons (Fsp3) is 0.615. The molecule has 1 aromatic rings. The predicted molar refractivity (Wildman–Crippen MR) is 77.7 cm³/mol. The number of guanidine groups is 1. The summed E-state index contributed by atoms with van der Waals surface area (Å²) in [6.07, 6.45) is -1.11. The van der Waals surface area contributed by atoms with Crippen LogP contribution in [0.5, 0.6) is 0 Å². The Morgan fingerprint density at radius 1 is 1.41 bits per heavy atom. The number of rotatable bonds is 6. The van der Waals surface area contributed by atoms with E-state index in [1.807, 2.05) is 6.92 Å². The van der Waals surface area contributed by atoms with E-state index < -0.39 is 11.9 Å². The van der Waals surface area contributed by atoms with Crippen LogP contribution in [0.15, 0.2) is 17.3 Å². The Morgan fingerprint density at radius 3 is 2.82 bits per heavy atom. The molecule has 0 aromatic carbocycles. The highest BCUT2D eigenvalue weighted by atomic mass is 19.4. The number of aliphatic imine (C=N–C) groups is 1. The molecule has 0 bridgehead atoms. The number of hydrogen-bond acceptors (Lipinski definition) is 4. The molecule has 0 radical (unpaired) electrons. The van der Waals surface area contributed by atoms with Gasteiger partial charge < -0.3 is 16.0 Å². The van der Waals surface area contributed by atoms with Gasteiger partial charge in [-0.1, -0.05) is 0 Å². The fourth-order valence-electron chi connectivity index (χ4n) is 1.68. The van der Waals surface area contributed by atoms with E-state index >= 15 is 0 Å². The summed E-state index contributed by atoms with van der Waals surface area (Å²) in [5.74, 6) is 0.668. The lowest BCUT2D eigenvalue weighted by atomic mass is 10.4. The van der Waals surface area contributed by atoms with E-state index in [0.717, 1.165) is 37.6 Å². The van der Waals surface area contributed by atoms with Gasteiger partial charge in [-0.15, -0.1) is 0 Å². The lowest BCUT2D eigenvalue weighted by Crippen LogP contribution is -2.38. The zero-order valence-corrected chi connectivity index (χ0v) is 12.2. The van der Waals surface area contributed by atoms with Crippen molar-refractivity contribution in [3.8, 4) is 0 Å². The second-order valence-corrected chi connectivity index (χ2v) is 4.87. The minimum Gasteiger partial charge on any atom is -0.357 e. The van der Waals surface area contributed by atoms with Crippen LogP contribution in [0.4, 0.5) is 19.1 Å². The molecule has 0 saturated heterocycles. The molecule has 1 heterocycles. The van der Waals surface area contributed by atoms with Crippen molar-refractivity contribution in [1.29, 1.82) is 0 Å². The van der Waals surface area contributed by atoms with E-state index in [2.05, 4.69) is 30.9 Å². The van der Waals surface area contributed by atoms with Crippen LogP contribution in [-0.4, -0.2) is 41.6 Å². The number of aromatic nitrogens is 2. The molecule has 1 aromatic heterocycles. The van der Waals surface area contributed by atoms with Crippen LogP contribution in [0.3, 0.4) is 0 Å². The largest absolute Gasteiger partial charge is 0.433 e. The molecular weight excluding hydrogens is 297 g/mol. The maximum atomic E-state index is 12.5. The van der Waals surface area contributed by atoms with Gasteiger partial charge in [0.15, 0.2) is 5.96 Å². The molecule has 1 aliphatic rings. The van der Waals surface area contributed by atoms with Crippen LogP contribution >= 0.6 is 0 Å². The first-order valence-corrected chi connectivity index (χ1v) is 7.18. The van der Waals surface area contributed by atoms with Crippen molar-refractivity contribution in [3.05, 3.63) is 18.0 Å². The highest BCUT2D eigenvalue weighted by Crippen LogP contribution is 2.27. The maximum Gasteiger partial charge on any atom is 0.433 e. The molecule has 0 aliphatic heterocycles. The molecule has 2 rings (SSSR count). The molecule has 122 valence electrons. The number of alkyl halides is 3. The first-order valence-electron chi connectivity index (χ1n) is 7.18. The molecular formula is C13H19F3N6. The van der Waals surface area contributed by atoms with Gasteiger partial charge in [0.1, 0.15) is 5.69 Å². The van der Waals surface area contributed by atoms with Crippen molar-refractivity contribution in [2.75, 3.05) is 25.0 Å². The highest BCUT2D eigenvalue weighted by Gasteiger charge is 2.32. The molecule has 0 atom stereocenters. The van der Waals surface area contributed by atoms with Gasteiger partial charge in [0.2, 0.25) is 5.95 Å². The Bertz CT molecular complexity index is 513. The van der Waals surface area contributed by atoms with E-state index in [9.17, 15) is 13.2 Å². The Kier molecular flexibility index (Phi) is 5.40. The summed E-state index contributed by atoms with van der Waals surface area (Å²) >= 11 is 0. The van der Waals surface area contributed by atoms with Crippen molar-refractivity contribution in [1.82, 2.24) is 20.6 Å². The first kappa shape index (κ1) is 16.3. The van der Waals surface area contributed by atoms with Gasteiger partial charge in [0.05, 0.1) is 6.54 Å². The van der Waals surface area contributed by atoms with Gasteiger partial charge in [-0.2, -0.15) is 13.2 Å². The number of nitrogens with zero attached hydrogens (tertiary/aromatic N) is 3. The lowest BCUT2D eigenvalue weighted by Gasteiger charge is -2.10. The smallest absolute Gasteiger partial charge is 0.357 e. The minimum absolute atomic E-state index is 0.0508. The van der Waals surface area contributed by atoms with Crippen molar-refractivity contribution in [3.63, 3.8) is 0 Å². The predicted octanol–water partition coefficient (Wildman–Crippen LogP) is 1.62. The average Bonchev–Trinajstić information content (AvgIpc) is 3.27. The molecule has 1 saturated carbocycles. The van der Waals surface area contributed by atoms with Crippen LogP contribution in [0.1, 0.15) is 25.5 Å². The molecule has 1 fully saturated rings. The monoisotopic (exact) mass is 316 g/mol. The summed E-state index contributed by atoms with van der Waals surface area (Å²) in [5, 5.41) is 9.10. The van der Waals surface area contributed by atoms with Crippen LogP contribution in [-0.2, 0) is 6.18 Å². The van der Waals surface area contributed by atoms with E-state index in [0.29, 0.717) is 19.1 Å². The van der Waals surface area contributed by atoms with Gasteiger partial charge in [-0.05, 0) is 25.8 Å². The minimum atomic E-state index is -4.47. The quantitative estimate of drug-likeness (QED) is 0.422. The summed E-state index contributed by atoms with van der Waals surface area (Å²) in [7, 11) is 0. The highest BCUT2D eigenvalue weighted by molar-refractivity contribution is 5.80. The van der Waals surface area contributed by atoms with Gasteiger partial charge in [0, 0.05) is 25.3 Å². The molecule has 3 N–H and O–H groups in total. The lowest BCUT2D eigenvalue weighted by molar-refractivity contribution is -0.141. The van der Waals surface area contributed by atoms with Gasteiger partial charge >= 0.3 is 6.18 Å². The summed E-state index contributed by atoms with van der Waals surface area (Å²) in [5.41, 5.74) is -0.961. The normalized spacial score (nSPS) is 15.5. The van der Waals surface area contributed by atoms with Crippen molar-refractivity contribution >= 4 is 11.9 Å². The zero-order valence-electron chi connectivity index (χ0n) is 12.2. The second-order valence-electron chi connectivity index (χ2n) is 4.87. The maximum absolute atomic E-state index is 12.5. The van der Waals surface area contributed by atoms with Gasteiger partial charge in [-0.25, -0.2) is 9.97 Å². The molecule has 0 unspecified atom stereocenters. The Balaban J connectivity index is 1.82. The second kappa shape index (κ2) is 7.28. The van der Waals surface area contributed by atoms with Crippen LogP contribution < -0.4 is 16.0 Å².